The minimum Gasteiger partial charge on any atom is -0.454 e. The Bertz CT molecular complexity index is 713. The largest absolute Gasteiger partial charge is 0.454 e. The molecule has 0 bridgehead atoms. The molecule has 2 aromatic rings. The second-order valence-corrected chi connectivity index (χ2v) is 5.27. The number of nitrogens with one attached hydrogen (secondary N) is 2. The molecule has 0 atom stereocenters. The molecule has 5 nitrogen and oxygen atoms in total. The van der Waals surface area contributed by atoms with Crippen molar-refractivity contribution in [1.82, 2.24) is 0 Å². The Morgan fingerprint density at radius 2 is 1.77 bits per heavy atom. The van der Waals surface area contributed by atoms with E-state index in [1.165, 1.54) is 11.1 Å². The Kier molecular flexibility index (Phi) is 3.87. The summed E-state index contributed by atoms with van der Waals surface area (Å²) in [6.45, 7) is 4.54. The number of carbonyl (C=O) groups excluding carboxylic acids is 1. The van der Waals surface area contributed by atoms with Crippen LogP contribution in [0.15, 0.2) is 36.4 Å². The molecule has 1 aliphatic rings. The Hall–Kier alpha value is -2.69. The smallest absolute Gasteiger partial charge is 0.243 e. The Balaban J connectivity index is 1.57. The van der Waals surface area contributed by atoms with Crippen LogP contribution in [0.25, 0.3) is 0 Å². The van der Waals surface area contributed by atoms with Gasteiger partial charge in [0.25, 0.3) is 0 Å². The lowest BCUT2D eigenvalue weighted by molar-refractivity contribution is -0.114. The molecule has 0 spiro atoms. The lowest BCUT2D eigenvalue weighted by Gasteiger charge is -2.10. The van der Waals surface area contributed by atoms with E-state index >= 15 is 0 Å². The molecule has 2 N–H and O–H groups in total. The first-order chi connectivity index (χ1) is 10.6. The normalized spacial score (nSPS) is 12.1. The highest BCUT2D eigenvalue weighted by Crippen LogP contribution is 2.34. The van der Waals surface area contributed by atoms with E-state index < -0.39 is 0 Å². The molecule has 0 unspecified atom stereocenters. The van der Waals surface area contributed by atoms with Gasteiger partial charge in [-0.3, -0.25) is 4.79 Å². The van der Waals surface area contributed by atoms with E-state index in [0.29, 0.717) is 17.2 Å². The Morgan fingerprint density at radius 3 is 2.59 bits per heavy atom. The predicted octanol–water partition coefficient (Wildman–Crippen LogP) is 3.08. The average molecular weight is 298 g/mol. The molecule has 0 fully saturated rings. The third-order valence-electron chi connectivity index (χ3n) is 3.62. The molecule has 1 amide bonds. The van der Waals surface area contributed by atoms with E-state index in [0.717, 1.165) is 5.69 Å². The van der Waals surface area contributed by atoms with Gasteiger partial charge in [-0.25, -0.2) is 0 Å². The zero-order chi connectivity index (χ0) is 15.5. The Morgan fingerprint density at radius 1 is 1.00 bits per heavy atom. The van der Waals surface area contributed by atoms with Gasteiger partial charge >= 0.3 is 0 Å². The molecule has 0 saturated heterocycles. The van der Waals surface area contributed by atoms with E-state index in [1.807, 2.05) is 25.1 Å². The third-order valence-corrected chi connectivity index (χ3v) is 3.62. The average Bonchev–Trinajstić information content (AvgIpc) is 2.96. The molecule has 0 aliphatic carbocycles. The van der Waals surface area contributed by atoms with Crippen molar-refractivity contribution in [3.05, 3.63) is 47.5 Å². The number of carbonyl (C=O) groups is 1. The molecular weight excluding hydrogens is 280 g/mol. The fourth-order valence-corrected chi connectivity index (χ4v) is 2.21. The molecule has 22 heavy (non-hydrogen) atoms. The van der Waals surface area contributed by atoms with E-state index in [1.54, 1.807) is 18.2 Å². The van der Waals surface area contributed by atoms with Crippen molar-refractivity contribution in [2.24, 2.45) is 0 Å². The van der Waals surface area contributed by atoms with Gasteiger partial charge in [0.15, 0.2) is 11.5 Å². The Labute approximate surface area is 129 Å². The highest BCUT2D eigenvalue weighted by molar-refractivity contribution is 5.94. The van der Waals surface area contributed by atoms with Crippen molar-refractivity contribution in [2.75, 3.05) is 24.0 Å². The van der Waals surface area contributed by atoms with Crippen molar-refractivity contribution in [2.45, 2.75) is 13.8 Å². The summed E-state index contributed by atoms with van der Waals surface area (Å²) in [5.41, 5.74) is 4.05. The van der Waals surface area contributed by atoms with Gasteiger partial charge in [0.05, 0.1) is 6.54 Å². The number of rotatable bonds is 4. The summed E-state index contributed by atoms with van der Waals surface area (Å²) in [4.78, 5) is 12.0. The lowest BCUT2D eigenvalue weighted by Crippen LogP contribution is -2.21. The summed E-state index contributed by atoms with van der Waals surface area (Å²) >= 11 is 0. The van der Waals surface area contributed by atoms with Gasteiger partial charge in [-0.15, -0.1) is 0 Å². The molecular formula is C17H18N2O3. The first-order valence-electron chi connectivity index (χ1n) is 7.12. The molecule has 0 radical (unpaired) electrons. The minimum atomic E-state index is -0.114. The number of hydrogen-bond donors (Lipinski definition) is 2. The van der Waals surface area contributed by atoms with Gasteiger partial charge in [0, 0.05) is 17.4 Å². The number of benzene rings is 2. The standard InChI is InChI=1S/C17H18N2O3/c1-11-3-4-13(7-12(11)2)18-9-17(20)19-14-5-6-15-16(8-14)22-10-21-15/h3-8,18H,9-10H2,1-2H3,(H,19,20). The summed E-state index contributed by atoms with van der Waals surface area (Å²) in [7, 11) is 0. The van der Waals surface area contributed by atoms with Crippen LogP contribution in [0.3, 0.4) is 0 Å². The van der Waals surface area contributed by atoms with Crippen LogP contribution in [-0.2, 0) is 4.79 Å². The zero-order valence-electron chi connectivity index (χ0n) is 12.6. The monoisotopic (exact) mass is 298 g/mol. The van der Waals surface area contributed by atoms with Gasteiger partial charge in [-0.2, -0.15) is 0 Å². The maximum atomic E-state index is 12.0. The van der Waals surface area contributed by atoms with Crippen LogP contribution in [0.5, 0.6) is 11.5 Å². The minimum absolute atomic E-state index is 0.114. The number of anilines is 2. The number of amides is 1. The van der Waals surface area contributed by atoms with E-state index in [9.17, 15) is 4.79 Å². The summed E-state index contributed by atoms with van der Waals surface area (Å²) in [5, 5.41) is 5.95. The van der Waals surface area contributed by atoms with E-state index in [-0.39, 0.29) is 19.2 Å². The number of hydrogen-bond acceptors (Lipinski definition) is 4. The van der Waals surface area contributed by atoms with Crippen molar-refractivity contribution < 1.29 is 14.3 Å². The lowest BCUT2D eigenvalue weighted by atomic mass is 10.1. The number of fused-ring (bicyclic) bond motifs is 1. The number of aryl methyl sites for hydroxylation is 2. The van der Waals surface area contributed by atoms with Crippen molar-refractivity contribution in [1.29, 1.82) is 0 Å². The van der Waals surface area contributed by atoms with Gasteiger partial charge < -0.3 is 20.1 Å². The molecule has 5 heteroatoms. The van der Waals surface area contributed by atoms with Crippen LogP contribution in [0.1, 0.15) is 11.1 Å². The molecule has 3 rings (SSSR count). The van der Waals surface area contributed by atoms with Crippen LogP contribution in [0, 0.1) is 13.8 Å². The summed E-state index contributed by atoms with van der Waals surface area (Å²) in [5.74, 6) is 1.24. The SMILES string of the molecule is Cc1ccc(NCC(=O)Nc2ccc3c(c2)OCO3)cc1C. The van der Waals surface area contributed by atoms with E-state index in [2.05, 4.69) is 17.6 Å². The molecule has 1 heterocycles. The van der Waals surface area contributed by atoms with E-state index in [4.69, 9.17) is 9.47 Å². The van der Waals surface area contributed by atoms with Crippen LogP contribution < -0.4 is 20.1 Å². The molecule has 114 valence electrons. The first-order valence-corrected chi connectivity index (χ1v) is 7.12. The van der Waals surface area contributed by atoms with Crippen molar-refractivity contribution in [3.63, 3.8) is 0 Å². The number of ether oxygens (including phenoxy) is 2. The fraction of sp³-hybridized carbons (Fsp3) is 0.235. The summed E-state index contributed by atoms with van der Waals surface area (Å²) in [6.07, 6.45) is 0. The van der Waals surface area contributed by atoms with Gasteiger partial charge in [-0.05, 0) is 49.2 Å². The molecule has 0 saturated carbocycles. The first kappa shape index (κ1) is 14.3. The van der Waals surface area contributed by atoms with Crippen LogP contribution in [-0.4, -0.2) is 19.2 Å². The highest BCUT2D eigenvalue weighted by Gasteiger charge is 2.14. The maximum Gasteiger partial charge on any atom is 0.243 e. The second-order valence-electron chi connectivity index (χ2n) is 5.27. The van der Waals surface area contributed by atoms with Crippen LogP contribution >= 0.6 is 0 Å². The van der Waals surface area contributed by atoms with Gasteiger partial charge in [0.1, 0.15) is 0 Å². The third kappa shape index (κ3) is 3.14. The van der Waals surface area contributed by atoms with Crippen LogP contribution in [0.2, 0.25) is 0 Å². The maximum absolute atomic E-state index is 12.0. The molecule has 0 aromatic heterocycles. The van der Waals surface area contributed by atoms with Gasteiger partial charge in [0.2, 0.25) is 12.7 Å². The van der Waals surface area contributed by atoms with Crippen molar-refractivity contribution >= 4 is 17.3 Å². The van der Waals surface area contributed by atoms with Gasteiger partial charge in [-0.1, -0.05) is 6.07 Å². The predicted molar refractivity (Wildman–Crippen MR) is 85.6 cm³/mol. The van der Waals surface area contributed by atoms with Crippen molar-refractivity contribution in [3.8, 4) is 11.5 Å². The zero-order valence-corrected chi connectivity index (χ0v) is 12.6. The fourth-order valence-electron chi connectivity index (χ4n) is 2.21. The summed E-state index contributed by atoms with van der Waals surface area (Å²) < 4.78 is 10.5. The highest BCUT2D eigenvalue weighted by atomic mass is 16.7. The second kappa shape index (κ2) is 5.97. The molecule has 1 aliphatic heterocycles. The quantitative estimate of drug-likeness (QED) is 0.910. The van der Waals surface area contributed by atoms with Crippen LogP contribution in [0.4, 0.5) is 11.4 Å². The summed E-state index contributed by atoms with van der Waals surface area (Å²) in [6, 6.07) is 11.4. The topological polar surface area (TPSA) is 59.6 Å². The molecule has 2 aromatic carbocycles.